The molecule has 3 aromatic rings. The molecule has 130 valence electrons. The van der Waals surface area contributed by atoms with Gasteiger partial charge in [0.15, 0.2) is 11.5 Å². The zero-order valence-corrected chi connectivity index (χ0v) is 14.0. The molecular formula is C16H14FN3O4S. The van der Waals surface area contributed by atoms with Crippen LogP contribution in [0.15, 0.2) is 29.9 Å². The Hall–Kier alpha value is -2.78. The molecule has 0 aliphatic carbocycles. The number of nitrogens with one attached hydrogen (secondary N) is 1. The molecule has 3 heterocycles. The van der Waals surface area contributed by atoms with E-state index in [4.69, 9.17) is 9.84 Å². The number of imidazole rings is 1. The minimum Gasteiger partial charge on any atom is -0.477 e. The summed E-state index contributed by atoms with van der Waals surface area (Å²) in [7, 11) is 1.51. The molecule has 3 rings (SSSR count). The molecule has 0 aromatic carbocycles. The maximum atomic E-state index is 14.2. The summed E-state index contributed by atoms with van der Waals surface area (Å²) in [5.74, 6) is -2.18. The maximum absolute atomic E-state index is 14.2. The third-order valence-electron chi connectivity index (χ3n) is 3.49. The number of carboxylic acid groups (broad SMARTS) is 1. The molecule has 2 N–H and O–H groups in total. The van der Waals surface area contributed by atoms with Crippen molar-refractivity contribution in [3.8, 4) is 0 Å². The maximum Gasteiger partial charge on any atom is 0.346 e. The van der Waals surface area contributed by atoms with Crippen molar-refractivity contribution in [3.63, 3.8) is 0 Å². The standard InChI is InChI=1S/C16H14FN3O4S/c1-24-8-11-7-20-6-10(4-12(17)14(20)19-11)15(21)18-5-9-2-3-25-13(9)16(22)23/h2-4,6-7H,5,8H2,1H3,(H,18,21)(H,22,23). The van der Waals surface area contributed by atoms with E-state index in [0.29, 0.717) is 11.3 Å². The Morgan fingerprint density at radius 2 is 2.24 bits per heavy atom. The van der Waals surface area contributed by atoms with E-state index in [9.17, 15) is 14.0 Å². The Morgan fingerprint density at radius 1 is 1.44 bits per heavy atom. The van der Waals surface area contributed by atoms with E-state index in [1.807, 2.05) is 0 Å². The Kier molecular flexibility index (Phi) is 4.77. The van der Waals surface area contributed by atoms with Crippen molar-refractivity contribution >= 4 is 28.9 Å². The summed E-state index contributed by atoms with van der Waals surface area (Å²) >= 11 is 1.08. The number of hydrogen-bond donors (Lipinski definition) is 2. The van der Waals surface area contributed by atoms with Gasteiger partial charge in [-0.15, -0.1) is 11.3 Å². The van der Waals surface area contributed by atoms with Crippen molar-refractivity contribution in [2.45, 2.75) is 13.2 Å². The predicted molar refractivity (Wildman–Crippen MR) is 88.3 cm³/mol. The number of ether oxygens (including phenoxy) is 1. The molecule has 1 amide bonds. The summed E-state index contributed by atoms with van der Waals surface area (Å²) in [4.78, 5) is 27.6. The SMILES string of the molecule is COCc1cn2cc(C(=O)NCc3ccsc3C(=O)O)cc(F)c2n1. The van der Waals surface area contributed by atoms with Crippen LogP contribution in [0.1, 0.15) is 31.3 Å². The van der Waals surface area contributed by atoms with Crippen LogP contribution in [0.4, 0.5) is 4.39 Å². The number of aromatic nitrogens is 2. The molecule has 25 heavy (non-hydrogen) atoms. The average Bonchev–Trinajstić information content (AvgIpc) is 3.19. The van der Waals surface area contributed by atoms with E-state index in [1.54, 1.807) is 17.6 Å². The van der Waals surface area contributed by atoms with Gasteiger partial charge in [0, 0.05) is 26.0 Å². The summed E-state index contributed by atoms with van der Waals surface area (Å²) < 4.78 is 20.5. The van der Waals surface area contributed by atoms with Crippen LogP contribution in [0.3, 0.4) is 0 Å². The molecule has 0 spiro atoms. The lowest BCUT2D eigenvalue weighted by Gasteiger charge is -2.06. The van der Waals surface area contributed by atoms with E-state index in [-0.39, 0.29) is 29.2 Å². The number of carbonyl (C=O) groups is 2. The van der Waals surface area contributed by atoms with Crippen molar-refractivity contribution in [1.82, 2.24) is 14.7 Å². The first-order chi connectivity index (χ1) is 12.0. The van der Waals surface area contributed by atoms with Crippen LogP contribution in [-0.2, 0) is 17.9 Å². The highest BCUT2D eigenvalue weighted by Crippen LogP contribution is 2.17. The van der Waals surface area contributed by atoms with Gasteiger partial charge in [-0.05, 0) is 23.1 Å². The van der Waals surface area contributed by atoms with Crippen LogP contribution in [0.25, 0.3) is 5.65 Å². The van der Waals surface area contributed by atoms with E-state index in [0.717, 1.165) is 17.4 Å². The van der Waals surface area contributed by atoms with Crippen LogP contribution >= 0.6 is 11.3 Å². The molecule has 0 aliphatic rings. The van der Waals surface area contributed by atoms with Crippen LogP contribution in [0, 0.1) is 5.82 Å². The lowest BCUT2D eigenvalue weighted by atomic mass is 10.2. The topological polar surface area (TPSA) is 92.9 Å². The summed E-state index contributed by atoms with van der Waals surface area (Å²) in [5, 5.41) is 13.3. The first-order valence-corrected chi connectivity index (χ1v) is 8.11. The van der Waals surface area contributed by atoms with Crippen molar-refractivity contribution in [2.24, 2.45) is 0 Å². The summed E-state index contributed by atoms with van der Waals surface area (Å²) in [5.41, 5.74) is 1.26. The quantitative estimate of drug-likeness (QED) is 0.701. The highest BCUT2D eigenvalue weighted by molar-refractivity contribution is 7.12. The van der Waals surface area contributed by atoms with Gasteiger partial charge >= 0.3 is 5.97 Å². The number of nitrogens with zero attached hydrogens (tertiary/aromatic N) is 2. The number of rotatable bonds is 6. The van der Waals surface area contributed by atoms with Crippen LogP contribution in [-0.4, -0.2) is 33.5 Å². The molecule has 0 atom stereocenters. The highest BCUT2D eigenvalue weighted by Gasteiger charge is 2.15. The van der Waals surface area contributed by atoms with Gasteiger partial charge in [-0.3, -0.25) is 4.79 Å². The largest absolute Gasteiger partial charge is 0.477 e. The molecule has 3 aromatic heterocycles. The van der Waals surface area contributed by atoms with Crippen molar-refractivity contribution < 1.29 is 23.8 Å². The molecule has 9 heteroatoms. The van der Waals surface area contributed by atoms with E-state index >= 15 is 0 Å². The first-order valence-electron chi connectivity index (χ1n) is 7.23. The van der Waals surface area contributed by atoms with Gasteiger partial charge in [0.25, 0.3) is 5.91 Å². The fourth-order valence-corrected chi connectivity index (χ4v) is 3.15. The third-order valence-corrected chi connectivity index (χ3v) is 4.44. The second kappa shape index (κ2) is 6.99. The summed E-state index contributed by atoms with van der Waals surface area (Å²) in [6, 6.07) is 2.73. The molecule has 0 aliphatic heterocycles. The molecule has 0 unspecified atom stereocenters. The Bertz CT molecular complexity index is 950. The highest BCUT2D eigenvalue weighted by atomic mass is 32.1. The summed E-state index contributed by atoms with van der Waals surface area (Å²) in [6.07, 6.45) is 3.05. The minimum absolute atomic E-state index is 0.0441. The van der Waals surface area contributed by atoms with Gasteiger partial charge in [-0.2, -0.15) is 0 Å². The fraction of sp³-hybridized carbons (Fsp3) is 0.188. The van der Waals surface area contributed by atoms with E-state index < -0.39 is 17.7 Å². The van der Waals surface area contributed by atoms with Crippen molar-refractivity contribution in [3.05, 3.63) is 57.4 Å². The Morgan fingerprint density at radius 3 is 2.96 bits per heavy atom. The molecule has 0 saturated heterocycles. The second-order valence-electron chi connectivity index (χ2n) is 5.24. The number of hydrogen-bond acceptors (Lipinski definition) is 5. The van der Waals surface area contributed by atoms with Gasteiger partial charge in [0.1, 0.15) is 4.88 Å². The second-order valence-corrected chi connectivity index (χ2v) is 6.15. The zero-order chi connectivity index (χ0) is 18.0. The molecule has 7 nitrogen and oxygen atoms in total. The van der Waals surface area contributed by atoms with Gasteiger partial charge in [0.2, 0.25) is 0 Å². The van der Waals surface area contributed by atoms with Crippen molar-refractivity contribution in [2.75, 3.05) is 7.11 Å². The lowest BCUT2D eigenvalue weighted by molar-refractivity contribution is 0.0700. The number of carboxylic acids is 1. The van der Waals surface area contributed by atoms with E-state index in [1.165, 1.54) is 17.7 Å². The number of pyridine rings is 1. The monoisotopic (exact) mass is 363 g/mol. The smallest absolute Gasteiger partial charge is 0.346 e. The molecular weight excluding hydrogens is 349 g/mol. The normalized spacial score (nSPS) is 11.0. The van der Waals surface area contributed by atoms with Gasteiger partial charge in [-0.25, -0.2) is 14.2 Å². The average molecular weight is 363 g/mol. The first kappa shape index (κ1) is 17.1. The summed E-state index contributed by atoms with van der Waals surface area (Å²) in [6.45, 7) is 0.279. The van der Waals surface area contributed by atoms with Crippen LogP contribution < -0.4 is 5.32 Å². The molecule has 0 radical (unpaired) electrons. The molecule has 0 fully saturated rings. The van der Waals surface area contributed by atoms with Crippen molar-refractivity contribution in [1.29, 1.82) is 0 Å². The van der Waals surface area contributed by atoms with Gasteiger partial charge in [-0.1, -0.05) is 0 Å². The Labute approximate surface area is 145 Å². The number of thiophene rings is 1. The predicted octanol–water partition coefficient (Wildman–Crippen LogP) is 2.31. The third kappa shape index (κ3) is 3.52. The zero-order valence-electron chi connectivity index (χ0n) is 13.2. The number of halogens is 1. The molecule has 0 bridgehead atoms. The number of fused-ring (bicyclic) bond motifs is 1. The number of carbonyl (C=O) groups excluding carboxylic acids is 1. The van der Waals surface area contributed by atoms with E-state index in [2.05, 4.69) is 10.3 Å². The molecule has 0 saturated carbocycles. The van der Waals surface area contributed by atoms with Gasteiger partial charge < -0.3 is 19.6 Å². The van der Waals surface area contributed by atoms with Gasteiger partial charge in [0.05, 0.1) is 17.9 Å². The van der Waals surface area contributed by atoms with Crippen LogP contribution in [0.2, 0.25) is 0 Å². The lowest BCUT2D eigenvalue weighted by Crippen LogP contribution is -2.24. The number of aromatic carboxylic acids is 1. The fourth-order valence-electron chi connectivity index (χ4n) is 2.39. The van der Waals surface area contributed by atoms with Crippen LogP contribution in [0.5, 0.6) is 0 Å². The number of methoxy groups -OCH3 is 1. The Balaban J connectivity index is 1.79. The minimum atomic E-state index is -1.05. The number of amides is 1.